The summed E-state index contributed by atoms with van der Waals surface area (Å²) in [6.07, 6.45) is 0. The van der Waals surface area contributed by atoms with Crippen molar-refractivity contribution in [1.29, 1.82) is 0 Å². The Balaban J connectivity index is 1.68. The lowest BCUT2D eigenvalue weighted by Gasteiger charge is -2.36. The lowest BCUT2D eigenvalue weighted by Crippen LogP contribution is -2.42. The fourth-order valence-corrected chi connectivity index (χ4v) is 4.02. The van der Waals surface area contributed by atoms with Crippen LogP contribution in [0, 0.1) is 6.92 Å². The van der Waals surface area contributed by atoms with Gasteiger partial charge >= 0.3 is 0 Å². The molecule has 2 aromatic rings. The number of nitrogens with zero attached hydrogens (tertiary/aromatic N) is 1. The molecule has 2 aliphatic rings. The third-order valence-corrected chi connectivity index (χ3v) is 5.49. The van der Waals surface area contributed by atoms with Crippen molar-refractivity contribution in [2.75, 3.05) is 31.5 Å². The maximum atomic E-state index is 3.63. The van der Waals surface area contributed by atoms with Crippen LogP contribution in [0.15, 0.2) is 36.4 Å². The summed E-state index contributed by atoms with van der Waals surface area (Å²) < 4.78 is 0. The van der Waals surface area contributed by atoms with Crippen LogP contribution in [0.3, 0.4) is 0 Å². The highest BCUT2D eigenvalue weighted by atomic mass is 15.2. The normalized spacial score (nSPS) is 19.3. The van der Waals surface area contributed by atoms with Crippen molar-refractivity contribution in [3.8, 4) is 0 Å². The molecule has 24 heavy (non-hydrogen) atoms. The first kappa shape index (κ1) is 15.7. The molecule has 2 N–H and O–H groups in total. The van der Waals surface area contributed by atoms with E-state index in [1.807, 2.05) is 0 Å². The monoisotopic (exact) mass is 321 g/mol. The van der Waals surface area contributed by atoms with E-state index >= 15 is 0 Å². The standard InChI is InChI=1S/C21H27N3/c1-15-4-6-19-17(12-15)21(2,3)18-13-16(5-7-20(18)23-19)14-24-10-8-22-9-11-24/h4-7,12-13,22-23H,8-11,14H2,1-3H3. The lowest BCUT2D eigenvalue weighted by atomic mass is 9.73. The zero-order valence-electron chi connectivity index (χ0n) is 14.9. The first-order valence-corrected chi connectivity index (χ1v) is 8.99. The summed E-state index contributed by atoms with van der Waals surface area (Å²) in [4.78, 5) is 2.54. The number of benzene rings is 2. The predicted octanol–water partition coefficient (Wildman–Crippen LogP) is 3.78. The Kier molecular flexibility index (Phi) is 3.86. The summed E-state index contributed by atoms with van der Waals surface area (Å²) in [7, 11) is 0. The largest absolute Gasteiger partial charge is 0.355 e. The highest BCUT2D eigenvalue weighted by Crippen LogP contribution is 2.45. The molecule has 2 aromatic carbocycles. The molecule has 2 heterocycles. The Bertz CT molecular complexity index is 758. The number of piperazine rings is 1. The van der Waals surface area contributed by atoms with Gasteiger partial charge in [0.05, 0.1) is 0 Å². The molecule has 3 nitrogen and oxygen atoms in total. The molecule has 0 atom stereocenters. The zero-order valence-corrected chi connectivity index (χ0v) is 14.9. The van der Waals surface area contributed by atoms with Crippen molar-refractivity contribution in [3.63, 3.8) is 0 Å². The van der Waals surface area contributed by atoms with Gasteiger partial charge in [0.15, 0.2) is 0 Å². The smallest absolute Gasteiger partial charge is 0.0426 e. The van der Waals surface area contributed by atoms with E-state index in [-0.39, 0.29) is 5.41 Å². The molecule has 0 unspecified atom stereocenters. The summed E-state index contributed by atoms with van der Waals surface area (Å²) in [5.74, 6) is 0. The number of aryl methyl sites for hydroxylation is 1. The predicted molar refractivity (Wildman–Crippen MR) is 101 cm³/mol. The Morgan fingerprint density at radius 2 is 1.62 bits per heavy atom. The van der Waals surface area contributed by atoms with Gasteiger partial charge in [-0.3, -0.25) is 4.90 Å². The van der Waals surface area contributed by atoms with E-state index < -0.39 is 0 Å². The van der Waals surface area contributed by atoms with E-state index in [9.17, 15) is 0 Å². The minimum absolute atomic E-state index is 0.0292. The molecule has 0 aliphatic carbocycles. The van der Waals surface area contributed by atoms with E-state index in [1.54, 1.807) is 0 Å². The van der Waals surface area contributed by atoms with Crippen molar-refractivity contribution in [1.82, 2.24) is 10.2 Å². The Morgan fingerprint density at radius 1 is 0.958 bits per heavy atom. The zero-order chi connectivity index (χ0) is 16.7. The molecule has 0 amide bonds. The number of fused-ring (bicyclic) bond motifs is 2. The minimum atomic E-state index is 0.0292. The van der Waals surface area contributed by atoms with Crippen LogP contribution >= 0.6 is 0 Å². The third kappa shape index (κ3) is 2.72. The average Bonchev–Trinajstić information content (AvgIpc) is 2.58. The van der Waals surface area contributed by atoms with Gasteiger partial charge in [0.1, 0.15) is 0 Å². The first-order chi connectivity index (χ1) is 11.5. The Labute approximate surface area is 145 Å². The van der Waals surface area contributed by atoms with E-state index in [1.165, 1.54) is 33.6 Å². The fourth-order valence-electron chi connectivity index (χ4n) is 4.02. The quantitative estimate of drug-likeness (QED) is 0.881. The van der Waals surface area contributed by atoms with Crippen LogP contribution in [-0.2, 0) is 12.0 Å². The minimum Gasteiger partial charge on any atom is -0.355 e. The molecule has 0 radical (unpaired) electrons. The van der Waals surface area contributed by atoms with Gasteiger partial charge in [-0.2, -0.15) is 0 Å². The highest BCUT2D eigenvalue weighted by molar-refractivity contribution is 5.76. The van der Waals surface area contributed by atoms with E-state index in [0.29, 0.717) is 0 Å². The molecular weight excluding hydrogens is 294 g/mol. The molecule has 4 rings (SSSR count). The molecule has 0 bridgehead atoms. The highest BCUT2D eigenvalue weighted by Gasteiger charge is 2.32. The molecule has 0 aromatic heterocycles. The van der Waals surface area contributed by atoms with Crippen molar-refractivity contribution in [2.24, 2.45) is 0 Å². The topological polar surface area (TPSA) is 27.3 Å². The molecule has 126 valence electrons. The van der Waals surface area contributed by atoms with Crippen molar-refractivity contribution in [3.05, 3.63) is 58.7 Å². The van der Waals surface area contributed by atoms with E-state index in [0.717, 1.165) is 32.7 Å². The fraction of sp³-hybridized carbons (Fsp3) is 0.429. The van der Waals surface area contributed by atoms with Crippen LogP contribution in [0.1, 0.15) is 36.1 Å². The maximum Gasteiger partial charge on any atom is 0.0426 e. The summed E-state index contributed by atoms with van der Waals surface area (Å²) in [6, 6.07) is 13.7. The molecule has 0 spiro atoms. The number of hydrogen-bond acceptors (Lipinski definition) is 3. The van der Waals surface area contributed by atoms with Crippen LogP contribution in [0.2, 0.25) is 0 Å². The molecule has 2 aliphatic heterocycles. The number of anilines is 2. The summed E-state index contributed by atoms with van der Waals surface area (Å²) in [5.41, 5.74) is 8.07. The van der Waals surface area contributed by atoms with E-state index in [2.05, 4.69) is 72.7 Å². The van der Waals surface area contributed by atoms with Gasteiger partial charge in [0.25, 0.3) is 0 Å². The molecule has 3 heteroatoms. The number of rotatable bonds is 2. The first-order valence-electron chi connectivity index (χ1n) is 8.99. The summed E-state index contributed by atoms with van der Waals surface area (Å²) in [5, 5.41) is 7.06. The van der Waals surface area contributed by atoms with Gasteiger partial charge in [-0.15, -0.1) is 0 Å². The Morgan fingerprint density at radius 3 is 2.38 bits per heavy atom. The van der Waals surface area contributed by atoms with Crippen LogP contribution < -0.4 is 10.6 Å². The lowest BCUT2D eigenvalue weighted by molar-refractivity contribution is 0.233. The second kappa shape index (κ2) is 5.91. The maximum absolute atomic E-state index is 3.63. The van der Waals surface area contributed by atoms with Gasteiger partial charge in [-0.25, -0.2) is 0 Å². The van der Waals surface area contributed by atoms with Crippen LogP contribution in [0.25, 0.3) is 0 Å². The van der Waals surface area contributed by atoms with Crippen molar-refractivity contribution >= 4 is 11.4 Å². The van der Waals surface area contributed by atoms with Crippen LogP contribution in [0.4, 0.5) is 11.4 Å². The second-order valence-electron chi connectivity index (χ2n) is 7.71. The van der Waals surface area contributed by atoms with Crippen molar-refractivity contribution in [2.45, 2.75) is 32.7 Å². The SMILES string of the molecule is Cc1ccc2c(c1)C(C)(C)c1cc(CN3CCNCC3)ccc1N2. The van der Waals surface area contributed by atoms with Crippen LogP contribution in [-0.4, -0.2) is 31.1 Å². The number of hydrogen-bond donors (Lipinski definition) is 2. The molecule has 1 saturated heterocycles. The van der Waals surface area contributed by atoms with Gasteiger partial charge in [0, 0.05) is 49.5 Å². The van der Waals surface area contributed by atoms with Gasteiger partial charge in [-0.05, 0) is 35.7 Å². The third-order valence-electron chi connectivity index (χ3n) is 5.49. The molecule has 1 fully saturated rings. The second-order valence-corrected chi connectivity index (χ2v) is 7.71. The van der Waals surface area contributed by atoms with E-state index in [4.69, 9.17) is 0 Å². The average molecular weight is 321 g/mol. The molecular formula is C21H27N3. The summed E-state index contributed by atoms with van der Waals surface area (Å²) in [6.45, 7) is 12.4. The van der Waals surface area contributed by atoms with Crippen LogP contribution in [0.5, 0.6) is 0 Å². The van der Waals surface area contributed by atoms with Gasteiger partial charge < -0.3 is 10.6 Å². The van der Waals surface area contributed by atoms with Crippen molar-refractivity contribution < 1.29 is 0 Å². The number of nitrogens with one attached hydrogen (secondary N) is 2. The van der Waals surface area contributed by atoms with Gasteiger partial charge in [-0.1, -0.05) is 43.7 Å². The Hall–Kier alpha value is -1.84. The molecule has 0 saturated carbocycles. The van der Waals surface area contributed by atoms with Gasteiger partial charge in [0.2, 0.25) is 0 Å². The summed E-state index contributed by atoms with van der Waals surface area (Å²) >= 11 is 0.